The van der Waals surface area contributed by atoms with E-state index in [0.717, 1.165) is 25.7 Å². The molecule has 0 aliphatic heterocycles. The van der Waals surface area contributed by atoms with E-state index in [1.54, 1.807) is 18.2 Å². The summed E-state index contributed by atoms with van der Waals surface area (Å²) in [6.07, 6.45) is 11.5. The molecule has 0 heterocycles. The second-order valence-electron chi connectivity index (χ2n) is 6.46. The van der Waals surface area contributed by atoms with Crippen LogP contribution in [0.4, 0.5) is 0 Å². The van der Waals surface area contributed by atoms with E-state index in [4.69, 9.17) is 9.47 Å². The topological polar surface area (TPSA) is 55.8 Å². The molecule has 0 bridgehead atoms. The number of aromatic carboxylic acids is 1. The van der Waals surface area contributed by atoms with Gasteiger partial charge in [-0.25, -0.2) is 4.79 Å². The normalized spacial score (nSPS) is 10.6. The fraction of sp³-hybridized carbons (Fsp3) is 0.667. The quantitative estimate of drug-likeness (QED) is 0.389. The standard InChI is InChI=1S/C21H34O4/c1-3-5-7-9-11-16-24-19-15-13-14-18(21(22)23)20(19)25-17-12-10-8-6-4-2/h13-15H,3-12,16-17H2,1-2H3,(H,22,23). The van der Waals surface area contributed by atoms with Crippen LogP contribution < -0.4 is 9.47 Å². The number of hydrogen-bond acceptors (Lipinski definition) is 3. The Bertz CT molecular complexity index is 485. The van der Waals surface area contributed by atoms with Crippen molar-refractivity contribution in [2.75, 3.05) is 13.2 Å². The van der Waals surface area contributed by atoms with Gasteiger partial charge in [0.2, 0.25) is 0 Å². The second-order valence-corrected chi connectivity index (χ2v) is 6.46. The maximum Gasteiger partial charge on any atom is 0.339 e. The minimum Gasteiger partial charge on any atom is -0.490 e. The number of carboxylic acid groups (broad SMARTS) is 1. The Balaban J connectivity index is 2.54. The number of ether oxygens (including phenoxy) is 2. The van der Waals surface area contributed by atoms with Crippen LogP contribution in [0.2, 0.25) is 0 Å². The summed E-state index contributed by atoms with van der Waals surface area (Å²) in [6.45, 7) is 5.51. The van der Waals surface area contributed by atoms with E-state index >= 15 is 0 Å². The number of para-hydroxylation sites is 1. The average molecular weight is 350 g/mol. The van der Waals surface area contributed by atoms with Crippen LogP contribution in [-0.2, 0) is 0 Å². The number of hydrogen-bond donors (Lipinski definition) is 1. The molecule has 0 aliphatic rings. The van der Waals surface area contributed by atoms with Crippen molar-refractivity contribution in [1.29, 1.82) is 0 Å². The van der Waals surface area contributed by atoms with Crippen molar-refractivity contribution in [1.82, 2.24) is 0 Å². The van der Waals surface area contributed by atoms with Gasteiger partial charge in [-0.15, -0.1) is 0 Å². The van der Waals surface area contributed by atoms with Gasteiger partial charge >= 0.3 is 5.97 Å². The van der Waals surface area contributed by atoms with Crippen LogP contribution in [0.3, 0.4) is 0 Å². The Kier molecular flexibility index (Phi) is 11.6. The highest BCUT2D eigenvalue weighted by Gasteiger charge is 2.16. The van der Waals surface area contributed by atoms with Crippen LogP contribution in [-0.4, -0.2) is 24.3 Å². The lowest BCUT2D eigenvalue weighted by Crippen LogP contribution is -2.08. The van der Waals surface area contributed by atoms with E-state index in [9.17, 15) is 9.90 Å². The predicted octanol–water partition coefficient (Wildman–Crippen LogP) is 6.08. The molecular weight excluding hydrogens is 316 g/mol. The summed E-state index contributed by atoms with van der Waals surface area (Å²) in [5, 5.41) is 9.40. The third-order valence-corrected chi connectivity index (χ3v) is 4.21. The third-order valence-electron chi connectivity index (χ3n) is 4.21. The van der Waals surface area contributed by atoms with E-state index < -0.39 is 5.97 Å². The lowest BCUT2D eigenvalue weighted by Gasteiger charge is -2.15. The Hall–Kier alpha value is -1.71. The molecule has 25 heavy (non-hydrogen) atoms. The summed E-state index contributed by atoms with van der Waals surface area (Å²) in [5.41, 5.74) is 0.178. The van der Waals surface area contributed by atoms with Crippen molar-refractivity contribution >= 4 is 5.97 Å². The first-order chi connectivity index (χ1) is 12.2. The summed E-state index contributed by atoms with van der Waals surface area (Å²) in [5.74, 6) is -0.0580. The van der Waals surface area contributed by atoms with Crippen LogP contribution in [0.25, 0.3) is 0 Å². The van der Waals surface area contributed by atoms with Crippen molar-refractivity contribution in [3.05, 3.63) is 23.8 Å². The molecule has 0 amide bonds. The molecule has 1 N–H and O–H groups in total. The van der Waals surface area contributed by atoms with Crippen molar-refractivity contribution < 1.29 is 19.4 Å². The number of benzene rings is 1. The first kappa shape index (κ1) is 21.3. The number of carboxylic acids is 1. The van der Waals surface area contributed by atoms with Gasteiger partial charge in [0.25, 0.3) is 0 Å². The van der Waals surface area contributed by atoms with E-state index in [2.05, 4.69) is 13.8 Å². The zero-order valence-corrected chi connectivity index (χ0v) is 15.9. The van der Waals surface area contributed by atoms with E-state index in [1.807, 2.05) is 0 Å². The molecule has 4 heteroatoms. The zero-order chi connectivity index (χ0) is 18.3. The highest BCUT2D eigenvalue weighted by Crippen LogP contribution is 2.32. The van der Waals surface area contributed by atoms with Crippen LogP contribution >= 0.6 is 0 Å². The summed E-state index contributed by atoms with van der Waals surface area (Å²) < 4.78 is 11.6. The molecule has 0 fully saturated rings. The van der Waals surface area contributed by atoms with Gasteiger partial charge < -0.3 is 14.6 Å². The van der Waals surface area contributed by atoms with Crippen molar-refractivity contribution in [2.45, 2.75) is 78.1 Å². The molecule has 0 saturated heterocycles. The maximum atomic E-state index is 11.5. The minimum absolute atomic E-state index is 0.178. The number of rotatable bonds is 15. The van der Waals surface area contributed by atoms with Crippen LogP contribution in [0.1, 0.15) is 88.4 Å². The Labute approximate surface area is 152 Å². The lowest BCUT2D eigenvalue weighted by atomic mass is 10.1. The molecule has 0 spiro atoms. The van der Waals surface area contributed by atoms with Crippen LogP contribution in [0.15, 0.2) is 18.2 Å². The molecule has 0 aliphatic carbocycles. The Morgan fingerprint density at radius 1 is 0.840 bits per heavy atom. The molecule has 142 valence electrons. The molecule has 0 aromatic heterocycles. The van der Waals surface area contributed by atoms with Gasteiger partial charge in [-0.3, -0.25) is 0 Å². The first-order valence-electron chi connectivity index (χ1n) is 9.82. The van der Waals surface area contributed by atoms with Crippen LogP contribution in [0, 0.1) is 0 Å². The van der Waals surface area contributed by atoms with E-state index in [1.165, 1.54) is 38.5 Å². The Morgan fingerprint density at radius 3 is 1.96 bits per heavy atom. The minimum atomic E-state index is -0.977. The van der Waals surface area contributed by atoms with Gasteiger partial charge in [-0.1, -0.05) is 71.3 Å². The van der Waals surface area contributed by atoms with Crippen molar-refractivity contribution in [2.24, 2.45) is 0 Å². The van der Waals surface area contributed by atoms with Crippen molar-refractivity contribution in [3.63, 3.8) is 0 Å². The maximum absolute atomic E-state index is 11.5. The highest BCUT2D eigenvalue weighted by atomic mass is 16.5. The highest BCUT2D eigenvalue weighted by molar-refractivity contribution is 5.92. The smallest absolute Gasteiger partial charge is 0.339 e. The summed E-state index contributed by atoms with van der Waals surface area (Å²) in [6, 6.07) is 5.08. The molecule has 0 atom stereocenters. The monoisotopic (exact) mass is 350 g/mol. The van der Waals surface area contributed by atoms with Gasteiger partial charge in [0.05, 0.1) is 13.2 Å². The largest absolute Gasteiger partial charge is 0.490 e. The molecule has 0 unspecified atom stereocenters. The van der Waals surface area contributed by atoms with E-state index in [0.29, 0.717) is 24.7 Å². The van der Waals surface area contributed by atoms with Gasteiger partial charge in [0.15, 0.2) is 11.5 Å². The molecule has 4 nitrogen and oxygen atoms in total. The van der Waals surface area contributed by atoms with Gasteiger partial charge in [-0.2, -0.15) is 0 Å². The summed E-state index contributed by atoms with van der Waals surface area (Å²) in [4.78, 5) is 11.5. The fourth-order valence-electron chi connectivity index (χ4n) is 2.71. The average Bonchev–Trinajstić information content (AvgIpc) is 2.61. The Morgan fingerprint density at radius 2 is 1.40 bits per heavy atom. The molecule has 1 aromatic rings. The molecule has 0 radical (unpaired) electrons. The predicted molar refractivity (Wildman–Crippen MR) is 102 cm³/mol. The molecule has 0 saturated carbocycles. The van der Waals surface area contributed by atoms with Crippen molar-refractivity contribution in [3.8, 4) is 11.5 Å². The lowest BCUT2D eigenvalue weighted by molar-refractivity contribution is 0.0691. The van der Waals surface area contributed by atoms with Crippen LogP contribution in [0.5, 0.6) is 11.5 Å². The van der Waals surface area contributed by atoms with E-state index in [-0.39, 0.29) is 5.56 Å². The first-order valence-corrected chi connectivity index (χ1v) is 9.82. The number of carbonyl (C=O) groups is 1. The number of unbranched alkanes of at least 4 members (excludes halogenated alkanes) is 8. The zero-order valence-electron chi connectivity index (χ0n) is 15.9. The van der Waals surface area contributed by atoms with Gasteiger partial charge in [-0.05, 0) is 25.0 Å². The van der Waals surface area contributed by atoms with Gasteiger partial charge in [0, 0.05) is 0 Å². The summed E-state index contributed by atoms with van der Waals surface area (Å²) in [7, 11) is 0. The third kappa shape index (κ3) is 8.80. The molecule has 1 aromatic carbocycles. The summed E-state index contributed by atoms with van der Waals surface area (Å²) >= 11 is 0. The fourth-order valence-corrected chi connectivity index (χ4v) is 2.71. The van der Waals surface area contributed by atoms with Gasteiger partial charge in [0.1, 0.15) is 5.56 Å². The molecule has 1 rings (SSSR count). The molecular formula is C21H34O4. The second kappa shape index (κ2) is 13.6. The SMILES string of the molecule is CCCCCCCOc1cccc(C(=O)O)c1OCCCCCCC.